The molecule has 1 saturated heterocycles. The van der Waals surface area contributed by atoms with Gasteiger partial charge in [0.25, 0.3) is 0 Å². The molecule has 0 radical (unpaired) electrons. The number of halogens is 1. The van der Waals surface area contributed by atoms with Crippen LogP contribution in [0.5, 0.6) is 11.5 Å². The minimum atomic E-state index is -1.03. The number of hydrogen-bond donors (Lipinski definition) is 1. The van der Waals surface area contributed by atoms with Crippen molar-refractivity contribution in [1.82, 2.24) is 9.80 Å². The van der Waals surface area contributed by atoms with E-state index in [-0.39, 0.29) is 43.0 Å². The summed E-state index contributed by atoms with van der Waals surface area (Å²) in [5, 5.41) is 9.86. The number of rotatable bonds is 9. The first kappa shape index (κ1) is 34.4. The van der Waals surface area contributed by atoms with Gasteiger partial charge in [0, 0.05) is 49.1 Å². The lowest BCUT2D eigenvalue weighted by molar-refractivity contribution is -0.138. The van der Waals surface area contributed by atoms with Crippen LogP contribution in [0.25, 0.3) is 0 Å². The Balaban J connectivity index is 1.17. The van der Waals surface area contributed by atoms with E-state index >= 15 is 0 Å². The van der Waals surface area contributed by atoms with Gasteiger partial charge in [0.05, 0.1) is 25.7 Å². The van der Waals surface area contributed by atoms with Crippen LogP contribution in [0.2, 0.25) is 5.02 Å². The molecule has 0 unspecified atom stereocenters. The summed E-state index contributed by atoms with van der Waals surface area (Å²) in [5.41, 5.74) is 4.72. The fraction of sp³-hybridized carbons (Fsp3) is 0.447. The largest absolute Gasteiger partial charge is 0.493 e. The smallest absolute Gasteiger partial charge is 0.407 e. The Hall–Kier alpha value is -4.44. The van der Waals surface area contributed by atoms with E-state index in [0.29, 0.717) is 35.5 Å². The normalized spacial score (nSPS) is 21.1. The number of carbonyl (C=O) groups is 3. The van der Waals surface area contributed by atoms with Crippen LogP contribution in [0.4, 0.5) is 16.2 Å². The first-order valence-electron chi connectivity index (χ1n) is 17.1. The van der Waals surface area contributed by atoms with Crippen molar-refractivity contribution in [3.8, 4) is 11.5 Å². The second kappa shape index (κ2) is 14.6. The maximum Gasteiger partial charge on any atom is 0.407 e. The molecule has 10 nitrogen and oxygen atoms in total. The fourth-order valence-corrected chi connectivity index (χ4v) is 7.69. The number of anilines is 2. The fourth-order valence-electron chi connectivity index (χ4n) is 7.56. The van der Waals surface area contributed by atoms with Crippen molar-refractivity contribution < 1.29 is 29.0 Å². The van der Waals surface area contributed by atoms with E-state index in [9.17, 15) is 19.5 Å². The van der Waals surface area contributed by atoms with E-state index in [2.05, 4.69) is 24.1 Å². The maximum atomic E-state index is 13.9. The predicted molar refractivity (Wildman–Crippen MR) is 190 cm³/mol. The molecule has 3 amide bonds. The number of carbonyl (C=O) groups excluding carboxylic acids is 2. The summed E-state index contributed by atoms with van der Waals surface area (Å²) >= 11 is 6.28. The van der Waals surface area contributed by atoms with Gasteiger partial charge < -0.3 is 29.3 Å². The third-order valence-electron chi connectivity index (χ3n) is 10.0. The lowest BCUT2D eigenvalue weighted by Gasteiger charge is -2.41. The summed E-state index contributed by atoms with van der Waals surface area (Å²) in [4.78, 5) is 45.1. The summed E-state index contributed by atoms with van der Waals surface area (Å²) in [7, 11) is 3.71. The number of methoxy groups -OCH3 is 1. The van der Waals surface area contributed by atoms with Gasteiger partial charge in [0.2, 0.25) is 11.8 Å². The summed E-state index contributed by atoms with van der Waals surface area (Å²) in [6.45, 7) is 5.63. The average Bonchev–Trinajstić information content (AvgIpc) is 3.08. The molecule has 1 saturated carbocycles. The molecule has 3 aliphatic rings. The van der Waals surface area contributed by atoms with Crippen LogP contribution in [0.3, 0.4) is 0 Å². The molecule has 1 N–H and O–H groups in total. The number of fused-ring (bicyclic) bond motifs is 1. The van der Waals surface area contributed by atoms with E-state index < -0.39 is 6.09 Å². The van der Waals surface area contributed by atoms with Gasteiger partial charge in [-0.15, -0.1) is 0 Å². The van der Waals surface area contributed by atoms with Gasteiger partial charge in [-0.2, -0.15) is 0 Å². The Bertz CT molecular complexity index is 1670. The standard InChI is InChI=1S/C38H45ClN4O6/c1-24(2)49-34-21-32-27(19-33(34)48-4)20-35(44)43(37(32)26-7-9-28(39)10-8-26)31-15-13-29(14-16-31)40(3)22-25-5-11-30(12-6-25)42-18-17-41(38(46)47)23-36(42)45/h7-10,13-16,19,21,24-25,30,37H,5-6,11-12,17-18,20,22-23H2,1-4H3,(H,46,47)/t25?,30?,37-/m0/s1. The quantitative estimate of drug-likeness (QED) is 0.269. The summed E-state index contributed by atoms with van der Waals surface area (Å²) in [5.74, 6) is 1.64. The molecule has 0 bridgehead atoms. The Morgan fingerprint density at radius 3 is 2.27 bits per heavy atom. The van der Waals surface area contributed by atoms with Crippen molar-refractivity contribution in [1.29, 1.82) is 0 Å². The Morgan fingerprint density at radius 2 is 1.65 bits per heavy atom. The van der Waals surface area contributed by atoms with Crippen molar-refractivity contribution in [2.24, 2.45) is 5.92 Å². The van der Waals surface area contributed by atoms with Crippen molar-refractivity contribution in [2.45, 2.75) is 64.1 Å². The highest BCUT2D eigenvalue weighted by molar-refractivity contribution is 6.30. The van der Waals surface area contributed by atoms with Crippen LogP contribution in [0.1, 0.15) is 62.3 Å². The Morgan fingerprint density at radius 1 is 0.959 bits per heavy atom. The number of ether oxygens (including phenoxy) is 2. The van der Waals surface area contributed by atoms with Crippen molar-refractivity contribution in [2.75, 3.05) is 50.1 Å². The summed E-state index contributed by atoms with van der Waals surface area (Å²) in [6, 6.07) is 19.6. The third kappa shape index (κ3) is 7.44. The van der Waals surface area contributed by atoms with Crippen LogP contribution in [0.15, 0.2) is 60.7 Å². The number of carboxylic acid groups (broad SMARTS) is 1. The van der Waals surface area contributed by atoms with Gasteiger partial charge >= 0.3 is 6.09 Å². The maximum absolute atomic E-state index is 13.9. The zero-order valence-corrected chi connectivity index (χ0v) is 29.4. The minimum Gasteiger partial charge on any atom is -0.493 e. The number of nitrogens with zero attached hydrogens (tertiary/aromatic N) is 4. The van der Waals surface area contributed by atoms with Crippen molar-refractivity contribution >= 4 is 40.9 Å². The number of piperazine rings is 1. The molecule has 3 aromatic carbocycles. The molecule has 1 atom stereocenters. The molecule has 2 heterocycles. The van der Waals surface area contributed by atoms with E-state index in [1.165, 1.54) is 4.90 Å². The molecule has 0 aromatic heterocycles. The summed E-state index contributed by atoms with van der Waals surface area (Å²) < 4.78 is 11.8. The SMILES string of the molecule is COc1cc2c(cc1OC(C)C)[C@H](c1ccc(Cl)cc1)N(c1ccc(N(C)CC3CCC(N4CCN(C(=O)O)CC4=O)CC3)cc1)C(=O)C2. The van der Waals surface area contributed by atoms with E-state index in [1.54, 1.807) is 7.11 Å². The zero-order valence-electron chi connectivity index (χ0n) is 28.6. The van der Waals surface area contributed by atoms with E-state index in [4.69, 9.17) is 21.1 Å². The third-order valence-corrected chi connectivity index (χ3v) is 10.3. The highest BCUT2D eigenvalue weighted by Gasteiger charge is 2.37. The number of amides is 3. The molecule has 49 heavy (non-hydrogen) atoms. The number of hydrogen-bond acceptors (Lipinski definition) is 6. The first-order valence-corrected chi connectivity index (χ1v) is 17.4. The molecule has 11 heteroatoms. The van der Waals surface area contributed by atoms with Crippen LogP contribution >= 0.6 is 11.6 Å². The zero-order chi connectivity index (χ0) is 34.8. The van der Waals surface area contributed by atoms with E-state index in [0.717, 1.165) is 60.3 Å². The molecular weight excluding hydrogens is 644 g/mol. The molecule has 6 rings (SSSR count). The second-order valence-electron chi connectivity index (χ2n) is 13.6. The average molecular weight is 689 g/mol. The van der Waals surface area contributed by atoms with Gasteiger partial charge in [-0.05, 0) is 111 Å². The number of benzene rings is 3. The summed E-state index contributed by atoms with van der Waals surface area (Å²) in [6.07, 6.45) is 3.03. The molecule has 2 aliphatic heterocycles. The van der Waals surface area contributed by atoms with Gasteiger partial charge in [0.1, 0.15) is 6.54 Å². The van der Waals surface area contributed by atoms with E-state index in [1.807, 2.05) is 72.2 Å². The van der Waals surface area contributed by atoms with Gasteiger partial charge in [-0.1, -0.05) is 23.7 Å². The first-order chi connectivity index (χ1) is 23.5. The topological polar surface area (TPSA) is 103 Å². The lowest BCUT2D eigenvalue weighted by atomic mass is 9.84. The Labute approximate surface area is 293 Å². The molecule has 0 spiro atoms. The molecular formula is C38H45ClN4O6. The molecule has 260 valence electrons. The van der Waals surface area contributed by atoms with Crippen molar-refractivity contribution in [3.63, 3.8) is 0 Å². The molecule has 2 fully saturated rings. The highest BCUT2D eigenvalue weighted by Crippen LogP contribution is 2.44. The van der Waals surface area contributed by atoms with Crippen LogP contribution in [0, 0.1) is 5.92 Å². The van der Waals surface area contributed by atoms with Gasteiger partial charge in [-0.25, -0.2) is 4.79 Å². The van der Waals surface area contributed by atoms with Gasteiger partial charge in [-0.3, -0.25) is 14.5 Å². The monoisotopic (exact) mass is 688 g/mol. The molecule has 1 aliphatic carbocycles. The minimum absolute atomic E-state index is 0.00671. The molecule has 3 aromatic rings. The predicted octanol–water partition coefficient (Wildman–Crippen LogP) is 6.63. The lowest BCUT2D eigenvalue weighted by Crippen LogP contribution is -2.55. The second-order valence-corrected chi connectivity index (χ2v) is 14.1. The Kier molecular flexibility index (Phi) is 10.2. The van der Waals surface area contributed by atoms with Crippen LogP contribution in [-0.2, 0) is 16.0 Å². The van der Waals surface area contributed by atoms with Gasteiger partial charge in [0.15, 0.2) is 11.5 Å². The van der Waals surface area contributed by atoms with Crippen molar-refractivity contribution in [3.05, 3.63) is 82.4 Å². The van der Waals surface area contributed by atoms with Crippen LogP contribution in [-0.4, -0.2) is 85.3 Å². The van der Waals surface area contributed by atoms with Crippen LogP contribution < -0.4 is 19.3 Å². The highest BCUT2D eigenvalue weighted by atomic mass is 35.5.